The number of hydrogen-bond donors (Lipinski definition) is 0. The fourth-order valence-electron chi connectivity index (χ4n) is 13.1. The number of nitrogens with zero attached hydrogens (tertiary/aromatic N) is 1. The van der Waals surface area contributed by atoms with Crippen molar-refractivity contribution in [2.75, 3.05) is 4.90 Å². The van der Waals surface area contributed by atoms with Crippen LogP contribution in [0.5, 0.6) is 0 Å². The van der Waals surface area contributed by atoms with Crippen molar-refractivity contribution in [2.45, 2.75) is 36.5 Å². The molecule has 0 fully saturated rings. The third-order valence-corrected chi connectivity index (χ3v) is 15.8. The summed E-state index contributed by atoms with van der Waals surface area (Å²) in [6.07, 6.45) is 4.65. The monoisotopic (exact) mass is 853 g/mol. The van der Waals surface area contributed by atoms with Gasteiger partial charge in [0.1, 0.15) is 0 Å². The van der Waals surface area contributed by atoms with Crippen molar-refractivity contribution in [3.05, 3.63) is 292 Å². The molecule has 0 saturated carbocycles. The second kappa shape index (κ2) is 14.8. The summed E-state index contributed by atoms with van der Waals surface area (Å²) in [7, 11) is 0. The Balaban J connectivity index is 1.11. The molecule has 0 saturated heterocycles. The fraction of sp³-hybridized carbons (Fsp3) is 0.0909. The van der Waals surface area contributed by atoms with Gasteiger partial charge in [-0.15, -0.1) is 0 Å². The van der Waals surface area contributed by atoms with Crippen LogP contribution in [0.4, 0.5) is 17.1 Å². The Hall–Kier alpha value is -8.00. The number of fused-ring (bicyclic) bond motifs is 14. The van der Waals surface area contributed by atoms with Gasteiger partial charge in [-0.3, -0.25) is 0 Å². The highest BCUT2D eigenvalue weighted by Gasteiger charge is 2.52. The van der Waals surface area contributed by atoms with E-state index in [1.165, 1.54) is 119 Å². The van der Waals surface area contributed by atoms with Gasteiger partial charge in [0.05, 0.1) is 16.5 Å². The van der Waals surface area contributed by atoms with Crippen molar-refractivity contribution in [2.24, 2.45) is 0 Å². The van der Waals surface area contributed by atoms with Crippen LogP contribution in [0.15, 0.2) is 237 Å². The van der Waals surface area contributed by atoms with Crippen molar-refractivity contribution in [1.29, 1.82) is 0 Å². The van der Waals surface area contributed by atoms with Gasteiger partial charge >= 0.3 is 0 Å². The molecule has 316 valence electrons. The molecule has 0 N–H and O–H groups in total. The fourth-order valence-corrected chi connectivity index (χ4v) is 13.1. The number of hydrogen-bond acceptors (Lipinski definition) is 1. The molecule has 14 rings (SSSR count). The first-order valence-electron chi connectivity index (χ1n) is 24.1. The Labute approximate surface area is 393 Å². The second-order valence-corrected chi connectivity index (χ2v) is 18.9. The van der Waals surface area contributed by atoms with E-state index >= 15 is 0 Å². The molecule has 1 spiro atoms. The number of para-hydroxylation sites is 1. The van der Waals surface area contributed by atoms with Crippen LogP contribution in [0, 0.1) is 0 Å². The summed E-state index contributed by atoms with van der Waals surface area (Å²) in [5.74, 6) is 0. The Morgan fingerprint density at radius 1 is 0.284 bits per heavy atom. The van der Waals surface area contributed by atoms with E-state index in [4.69, 9.17) is 0 Å². The maximum atomic E-state index is 2.61. The summed E-state index contributed by atoms with van der Waals surface area (Å²) in [6.45, 7) is 0. The molecule has 0 unspecified atom stereocenters. The summed E-state index contributed by atoms with van der Waals surface area (Å²) in [4.78, 5) is 2.59. The molecular formula is C66H47N. The van der Waals surface area contributed by atoms with Crippen molar-refractivity contribution in [1.82, 2.24) is 0 Å². The van der Waals surface area contributed by atoms with Gasteiger partial charge in [-0.2, -0.15) is 0 Å². The maximum absolute atomic E-state index is 2.61. The first kappa shape index (κ1) is 38.3. The zero-order valence-electron chi connectivity index (χ0n) is 37.3. The molecule has 0 atom stereocenters. The molecule has 1 nitrogen and oxygen atoms in total. The molecule has 0 heterocycles. The lowest BCUT2D eigenvalue weighted by Gasteiger charge is -2.36. The lowest BCUT2D eigenvalue weighted by atomic mass is 9.67. The molecule has 4 aliphatic carbocycles. The van der Waals surface area contributed by atoms with Crippen molar-refractivity contribution >= 4 is 17.1 Å². The highest BCUT2D eigenvalue weighted by atomic mass is 15.1. The van der Waals surface area contributed by atoms with Gasteiger partial charge in [0.2, 0.25) is 0 Å². The van der Waals surface area contributed by atoms with Crippen LogP contribution in [0.1, 0.15) is 68.5 Å². The molecule has 0 amide bonds. The average molecular weight is 854 g/mol. The summed E-state index contributed by atoms with van der Waals surface area (Å²) in [5, 5.41) is 0. The number of aryl methyl sites for hydroxylation is 1. The zero-order valence-corrected chi connectivity index (χ0v) is 37.3. The summed E-state index contributed by atoms with van der Waals surface area (Å²) in [6, 6.07) is 89.8. The molecule has 0 bridgehead atoms. The van der Waals surface area contributed by atoms with E-state index in [-0.39, 0.29) is 0 Å². The SMILES string of the molecule is c1ccc(N(c2ccc3c(c2)C(c2ccccc2)(c2ccccc2)c2ccccc2-3)c2cc3c(cc2-c2cccc4c2CCCC4)-c2ccccc2C32c3ccccc3-c3ccccc32)cc1. The first-order chi connectivity index (χ1) is 33.3. The molecule has 10 aromatic rings. The van der Waals surface area contributed by atoms with Crippen LogP contribution in [0.3, 0.4) is 0 Å². The van der Waals surface area contributed by atoms with Gasteiger partial charge in [0, 0.05) is 16.9 Å². The van der Waals surface area contributed by atoms with Crippen LogP contribution in [-0.4, -0.2) is 0 Å². The molecule has 0 aromatic heterocycles. The van der Waals surface area contributed by atoms with E-state index in [0.29, 0.717) is 0 Å². The minimum atomic E-state index is -0.533. The molecule has 10 aromatic carbocycles. The Kier molecular flexibility index (Phi) is 8.43. The van der Waals surface area contributed by atoms with Gasteiger partial charge in [0.15, 0.2) is 0 Å². The van der Waals surface area contributed by atoms with Crippen LogP contribution in [0.2, 0.25) is 0 Å². The van der Waals surface area contributed by atoms with Gasteiger partial charge < -0.3 is 4.90 Å². The van der Waals surface area contributed by atoms with Gasteiger partial charge in [-0.05, 0) is 157 Å². The topological polar surface area (TPSA) is 3.24 Å². The average Bonchev–Trinajstić information content (AvgIpc) is 3.99. The third-order valence-electron chi connectivity index (χ3n) is 15.8. The summed E-state index contributed by atoms with van der Waals surface area (Å²) in [5.41, 5.74) is 26.4. The maximum Gasteiger partial charge on any atom is 0.0726 e. The zero-order chi connectivity index (χ0) is 44.1. The van der Waals surface area contributed by atoms with Gasteiger partial charge in [-0.25, -0.2) is 0 Å². The number of benzene rings is 10. The quantitative estimate of drug-likeness (QED) is 0.161. The molecule has 4 aliphatic rings. The Bertz CT molecular complexity index is 3500. The van der Waals surface area contributed by atoms with E-state index in [9.17, 15) is 0 Å². The molecule has 0 aliphatic heterocycles. The van der Waals surface area contributed by atoms with E-state index in [2.05, 4.69) is 241 Å². The minimum absolute atomic E-state index is 0.486. The van der Waals surface area contributed by atoms with E-state index in [1.54, 1.807) is 0 Å². The van der Waals surface area contributed by atoms with Gasteiger partial charge in [-0.1, -0.05) is 200 Å². The third kappa shape index (κ3) is 5.26. The number of rotatable bonds is 6. The molecule has 0 radical (unpaired) electrons. The standard InChI is InChI=1S/C66H47N/c1-4-23-45(24-5-1)65(46-25-6-2-7-26-46)58-35-16-12-32-53(58)55-40-39-48(41-62(55)65)67(47-27-8-3-9-28-47)64-43-63-56(42-57(64)50-34-20-22-44-21-10-11-29-49(44)50)54-33-15-19-38-61(54)66(63)59-36-17-13-30-51(59)52-31-14-18-37-60(52)66/h1-9,12-20,22-28,30-43H,10-11,21,29H2. The van der Waals surface area contributed by atoms with E-state index < -0.39 is 10.8 Å². The Morgan fingerprint density at radius 3 is 1.34 bits per heavy atom. The first-order valence-corrected chi connectivity index (χ1v) is 24.1. The Morgan fingerprint density at radius 2 is 0.746 bits per heavy atom. The molecular weight excluding hydrogens is 807 g/mol. The van der Waals surface area contributed by atoms with Crippen molar-refractivity contribution < 1.29 is 0 Å². The van der Waals surface area contributed by atoms with Crippen molar-refractivity contribution in [3.8, 4) is 44.5 Å². The van der Waals surface area contributed by atoms with Gasteiger partial charge in [0.25, 0.3) is 0 Å². The normalized spacial score (nSPS) is 14.9. The van der Waals surface area contributed by atoms with Crippen LogP contribution >= 0.6 is 0 Å². The lowest BCUT2D eigenvalue weighted by Crippen LogP contribution is -2.28. The molecule has 67 heavy (non-hydrogen) atoms. The van der Waals surface area contributed by atoms with Crippen LogP contribution < -0.4 is 4.90 Å². The van der Waals surface area contributed by atoms with E-state index in [1.807, 2.05) is 0 Å². The predicted octanol–water partition coefficient (Wildman–Crippen LogP) is 16.4. The lowest BCUT2D eigenvalue weighted by molar-refractivity contribution is 0.687. The largest absolute Gasteiger partial charge is 0.310 e. The summed E-state index contributed by atoms with van der Waals surface area (Å²) < 4.78 is 0. The smallest absolute Gasteiger partial charge is 0.0726 e. The predicted molar refractivity (Wildman–Crippen MR) is 277 cm³/mol. The van der Waals surface area contributed by atoms with Crippen LogP contribution in [0.25, 0.3) is 44.5 Å². The summed E-state index contributed by atoms with van der Waals surface area (Å²) >= 11 is 0. The van der Waals surface area contributed by atoms with Crippen LogP contribution in [-0.2, 0) is 23.7 Å². The van der Waals surface area contributed by atoms with Crippen molar-refractivity contribution in [3.63, 3.8) is 0 Å². The highest BCUT2D eigenvalue weighted by Crippen LogP contribution is 2.65. The minimum Gasteiger partial charge on any atom is -0.310 e. The second-order valence-electron chi connectivity index (χ2n) is 18.9. The van der Waals surface area contributed by atoms with E-state index in [0.717, 1.165) is 24.2 Å². The highest BCUT2D eigenvalue weighted by molar-refractivity contribution is 6.01. The molecule has 1 heteroatoms. The number of anilines is 3.